The number of carbonyl (C=O) groups excluding carboxylic acids is 2. The topological polar surface area (TPSA) is 78.2 Å². The number of rotatable bonds is 2. The van der Waals surface area contributed by atoms with E-state index in [4.69, 9.17) is 10.4 Å². The zero-order valence-corrected chi connectivity index (χ0v) is 18.0. The van der Waals surface area contributed by atoms with Gasteiger partial charge >= 0.3 is 0 Å². The normalized spacial score (nSPS) is 40.7. The summed E-state index contributed by atoms with van der Waals surface area (Å²) in [5.41, 5.74) is 2.00. The number of hydrogen-bond acceptors (Lipinski definition) is 4. The van der Waals surface area contributed by atoms with Crippen LogP contribution in [0.1, 0.15) is 78.6 Å². The Kier molecular flexibility index (Phi) is 7.62. The largest absolute Gasteiger partial charge is 0.400 e. The van der Waals surface area contributed by atoms with Gasteiger partial charge < -0.3 is 9.90 Å². The monoisotopic (exact) mass is 387 g/mol. The predicted molar refractivity (Wildman–Crippen MR) is 110 cm³/mol. The first-order chi connectivity index (χ1) is 13.5. The summed E-state index contributed by atoms with van der Waals surface area (Å²) in [4.78, 5) is 23.5. The molecule has 6 unspecified atom stereocenters. The lowest BCUT2D eigenvalue weighted by Gasteiger charge is -2.58. The van der Waals surface area contributed by atoms with E-state index in [2.05, 4.69) is 13.8 Å². The Balaban J connectivity index is 0.000000514. The highest BCUT2D eigenvalue weighted by atomic mass is 16.2. The maximum Gasteiger partial charge on any atom is 0.155 e. The quantitative estimate of drug-likeness (QED) is 0.686. The highest BCUT2D eigenvalue weighted by Crippen LogP contribution is 2.67. The summed E-state index contributed by atoms with van der Waals surface area (Å²) >= 11 is 0. The third kappa shape index (κ3) is 3.59. The summed E-state index contributed by atoms with van der Waals surface area (Å²) in [5.74, 6) is 2.92. The summed E-state index contributed by atoms with van der Waals surface area (Å²) in [6.07, 6.45) is 13.5. The van der Waals surface area contributed by atoms with Gasteiger partial charge in [-0.2, -0.15) is 5.26 Å². The number of aldehydes is 1. The van der Waals surface area contributed by atoms with Gasteiger partial charge in [-0.3, -0.25) is 4.79 Å². The standard InChI is InChI=1S/C21H30O2.C2H3N.CH4O/c1-3-21-11-9-18-17(19(21)7-5-15(21)13-22)6-4-14-12-16(23)8-10-20(14,18)2;1-2-3;1-2/h12-13,15,17-19H,3-11H2,1-2H3;1H3;2H,1H3. The van der Waals surface area contributed by atoms with Crippen LogP contribution in [0, 0.1) is 45.8 Å². The minimum atomic E-state index is 0.260. The molecule has 0 radical (unpaired) electrons. The average molecular weight is 388 g/mol. The third-order valence-corrected chi connectivity index (χ3v) is 8.57. The number of carbonyl (C=O) groups is 2. The van der Waals surface area contributed by atoms with Crippen molar-refractivity contribution >= 4 is 12.1 Å². The maximum atomic E-state index is 11.9. The van der Waals surface area contributed by atoms with Crippen LogP contribution in [0.25, 0.3) is 0 Å². The van der Waals surface area contributed by atoms with Crippen LogP contribution in [0.4, 0.5) is 0 Å². The van der Waals surface area contributed by atoms with E-state index in [0.29, 0.717) is 17.1 Å². The molecule has 156 valence electrons. The van der Waals surface area contributed by atoms with Crippen molar-refractivity contribution in [1.82, 2.24) is 0 Å². The number of hydrogen-bond donors (Lipinski definition) is 1. The van der Waals surface area contributed by atoms with Gasteiger partial charge in [0, 0.05) is 26.4 Å². The Labute approximate surface area is 170 Å². The molecule has 0 aliphatic heterocycles. The molecule has 0 aromatic carbocycles. The summed E-state index contributed by atoms with van der Waals surface area (Å²) in [5, 5.41) is 14.3. The lowest BCUT2D eigenvalue weighted by molar-refractivity contribution is -0.122. The van der Waals surface area contributed by atoms with E-state index in [1.165, 1.54) is 50.9 Å². The first-order valence-corrected chi connectivity index (χ1v) is 10.9. The number of allylic oxidation sites excluding steroid dienone is 1. The van der Waals surface area contributed by atoms with Crippen molar-refractivity contribution in [2.75, 3.05) is 7.11 Å². The van der Waals surface area contributed by atoms with Crippen LogP contribution >= 0.6 is 0 Å². The molecule has 4 aliphatic carbocycles. The number of nitriles is 1. The molecule has 0 aromatic heterocycles. The molecular weight excluding hydrogens is 350 g/mol. The summed E-state index contributed by atoms with van der Waals surface area (Å²) in [6.45, 7) is 6.18. The minimum Gasteiger partial charge on any atom is -0.400 e. The molecule has 3 fully saturated rings. The maximum absolute atomic E-state index is 11.9. The van der Waals surface area contributed by atoms with Crippen molar-refractivity contribution in [2.45, 2.75) is 78.6 Å². The Hall–Kier alpha value is -1.47. The third-order valence-electron chi connectivity index (χ3n) is 8.57. The Morgan fingerprint density at radius 1 is 1.18 bits per heavy atom. The van der Waals surface area contributed by atoms with E-state index >= 15 is 0 Å². The number of ketones is 1. The van der Waals surface area contributed by atoms with Gasteiger partial charge in [-0.25, -0.2) is 0 Å². The van der Waals surface area contributed by atoms with Crippen molar-refractivity contribution in [3.63, 3.8) is 0 Å². The molecule has 4 rings (SSSR count). The van der Waals surface area contributed by atoms with E-state index < -0.39 is 0 Å². The number of aliphatic hydroxyl groups is 1. The molecule has 0 aromatic rings. The van der Waals surface area contributed by atoms with Crippen molar-refractivity contribution in [2.24, 2.45) is 34.5 Å². The van der Waals surface area contributed by atoms with Crippen LogP contribution in [0.15, 0.2) is 11.6 Å². The first-order valence-electron chi connectivity index (χ1n) is 10.9. The van der Waals surface area contributed by atoms with Crippen LogP contribution in [0.3, 0.4) is 0 Å². The van der Waals surface area contributed by atoms with Crippen molar-refractivity contribution in [3.8, 4) is 6.07 Å². The molecule has 6 atom stereocenters. The highest BCUT2D eigenvalue weighted by Gasteiger charge is 2.59. The molecule has 4 heteroatoms. The Bertz CT molecular complexity index is 649. The van der Waals surface area contributed by atoms with Gasteiger partial charge in [0.05, 0.1) is 6.07 Å². The molecule has 0 heterocycles. The molecule has 3 saturated carbocycles. The van der Waals surface area contributed by atoms with E-state index in [9.17, 15) is 9.59 Å². The van der Waals surface area contributed by atoms with Gasteiger partial charge in [0.1, 0.15) is 6.29 Å². The second-order valence-electron chi connectivity index (χ2n) is 9.14. The molecule has 0 spiro atoms. The zero-order chi connectivity index (χ0) is 20.9. The SMILES string of the molecule is CC#N.CCC12CCC3C(CCC4=CC(=O)CCC43C)C1CCC2C=O.CO. The first kappa shape index (κ1) is 22.8. The van der Waals surface area contributed by atoms with Gasteiger partial charge in [-0.1, -0.05) is 19.4 Å². The zero-order valence-electron chi connectivity index (χ0n) is 18.0. The molecular formula is C24H37NO3. The van der Waals surface area contributed by atoms with Crippen LogP contribution in [0.5, 0.6) is 0 Å². The average Bonchev–Trinajstić information content (AvgIpc) is 3.10. The summed E-state index contributed by atoms with van der Waals surface area (Å²) in [7, 11) is 1.00. The molecule has 0 bridgehead atoms. The second-order valence-corrected chi connectivity index (χ2v) is 9.14. The molecule has 0 amide bonds. The fourth-order valence-electron chi connectivity index (χ4n) is 7.32. The van der Waals surface area contributed by atoms with Crippen molar-refractivity contribution in [3.05, 3.63) is 11.6 Å². The molecule has 1 N–H and O–H groups in total. The number of aliphatic hydroxyl groups excluding tert-OH is 1. The second kappa shape index (κ2) is 9.35. The van der Waals surface area contributed by atoms with E-state index in [0.717, 1.165) is 50.5 Å². The molecule has 28 heavy (non-hydrogen) atoms. The van der Waals surface area contributed by atoms with Crippen LogP contribution in [0.2, 0.25) is 0 Å². The summed E-state index contributed by atoms with van der Waals surface area (Å²) in [6, 6.07) is 1.75. The van der Waals surface area contributed by atoms with Gasteiger partial charge in [-0.05, 0) is 86.0 Å². The van der Waals surface area contributed by atoms with Gasteiger partial charge in [0.2, 0.25) is 0 Å². The smallest absolute Gasteiger partial charge is 0.155 e. The molecule has 0 saturated heterocycles. The van der Waals surface area contributed by atoms with Gasteiger partial charge in [0.25, 0.3) is 0 Å². The van der Waals surface area contributed by atoms with E-state index in [1.54, 1.807) is 6.07 Å². The number of fused-ring (bicyclic) bond motifs is 5. The van der Waals surface area contributed by atoms with Crippen LogP contribution in [-0.4, -0.2) is 24.3 Å². The van der Waals surface area contributed by atoms with Gasteiger partial charge in [-0.15, -0.1) is 0 Å². The van der Waals surface area contributed by atoms with Crippen LogP contribution in [-0.2, 0) is 9.59 Å². The molecule has 4 nitrogen and oxygen atoms in total. The minimum absolute atomic E-state index is 0.260. The van der Waals surface area contributed by atoms with E-state index in [1.807, 2.05) is 6.08 Å². The fourth-order valence-corrected chi connectivity index (χ4v) is 7.32. The fraction of sp³-hybridized carbons (Fsp3) is 0.792. The lowest BCUT2D eigenvalue weighted by atomic mass is 9.46. The van der Waals surface area contributed by atoms with Gasteiger partial charge in [0.15, 0.2) is 5.78 Å². The lowest BCUT2D eigenvalue weighted by Crippen LogP contribution is -2.51. The van der Waals surface area contributed by atoms with Crippen LogP contribution < -0.4 is 0 Å². The van der Waals surface area contributed by atoms with E-state index in [-0.39, 0.29) is 5.41 Å². The highest BCUT2D eigenvalue weighted by molar-refractivity contribution is 5.91. The Morgan fingerprint density at radius 3 is 2.46 bits per heavy atom. The number of nitrogens with zero attached hydrogens (tertiary/aromatic N) is 1. The molecule has 4 aliphatic rings. The Morgan fingerprint density at radius 2 is 1.86 bits per heavy atom. The van der Waals surface area contributed by atoms with Crippen molar-refractivity contribution < 1.29 is 14.7 Å². The van der Waals surface area contributed by atoms with Crippen molar-refractivity contribution in [1.29, 1.82) is 5.26 Å². The predicted octanol–water partition coefficient (Wildman–Crippen LogP) is 4.86. The summed E-state index contributed by atoms with van der Waals surface area (Å²) < 4.78 is 0.